The summed E-state index contributed by atoms with van der Waals surface area (Å²) in [4.78, 5) is 23.5. The van der Waals surface area contributed by atoms with E-state index in [1.807, 2.05) is 19.1 Å². The van der Waals surface area contributed by atoms with Gasteiger partial charge in [-0.2, -0.15) is 13.2 Å². The van der Waals surface area contributed by atoms with Crippen LogP contribution in [0, 0.1) is 12.8 Å². The summed E-state index contributed by atoms with van der Waals surface area (Å²) < 4.78 is 38.3. The summed E-state index contributed by atoms with van der Waals surface area (Å²) in [6.45, 7) is 1.90. The van der Waals surface area contributed by atoms with Gasteiger partial charge in [-0.1, -0.05) is 35.9 Å². The van der Waals surface area contributed by atoms with Gasteiger partial charge in [-0.05, 0) is 37.1 Å². The van der Waals surface area contributed by atoms with Gasteiger partial charge >= 0.3 is 12.1 Å². The molecule has 0 fully saturated rings. The third-order valence-corrected chi connectivity index (χ3v) is 3.85. The smallest absolute Gasteiger partial charge is 0.416 e. The van der Waals surface area contributed by atoms with Gasteiger partial charge in [0.1, 0.15) is 0 Å². The number of benzene rings is 2. The molecule has 0 aliphatic rings. The summed E-state index contributed by atoms with van der Waals surface area (Å²) in [7, 11) is 0. The Bertz CT molecular complexity index is 785. The molecule has 0 spiro atoms. The Morgan fingerprint density at radius 2 is 1.77 bits per heavy atom. The maximum absolute atomic E-state index is 12.8. The van der Waals surface area contributed by atoms with Gasteiger partial charge in [-0.25, -0.2) is 0 Å². The molecule has 2 aromatic rings. The van der Waals surface area contributed by atoms with Gasteiger partial charge in [-0.3, -0.25) is 9.59 Å². The number of carboxylic acid groups (broad SMARTS) is 1. The fraction of sp³-hybridized carbons (Fsp3) is 0.263. The molecule has 0 saturated heterocycles. The van der Waals surface area contributed by atoms with Crippen LogP contribution < -0.4 is 5.32 Å². The quantitative estimate of drug-likeness (QED) is 0.803. The fourth-order valence-electron chi connectivity index (χ4n) is 2.49. The van der Waals surface area contributed by atoms with Crippen molar-refractivity contribution < 1.29 is 27.9 Å². The van der Waals surface area contributed by atoms with Crippen molar-refractivity contribution in [2.24, 2.45) is 5.92 Å². The van der Waals surface area contributed by atoms with Crippen molar-refractivity contribution in [1.29, 1.82) is 0 Å². The minimum atomic E-state index is -4.52. The van der Waals surface area contributed by atoms with Crippen LogP contribution >= 0.6 is 0 Å². The van der Waals surface area contributed by atoms with Crippen LogP contribution in [0.25, 0.3) is 0 Å². The number of anilines is 1. The molecule has 0 bridgehead atoms. The lowest BCUT2D eigenvalue weighted by Gasteiger charge is -2.16. The summed E-state index contributed by atoms with van der Waals surface area (Å²) in [5.41, 5.74) is 0.894. The SMILES string of the molecule is Cc1ccc(CC(CC(=O)O)C(=O)Nc2cccc(C(F)(F)F)c2)cc1. The van der Waals surface area contributed by atoms with E-state index in [4.69, 9.17) is 5.11 Å². The van der Waals surface area contributed by atoms with Crippen LogP contribution in [0.3, 0.4) is 0 Å². The highest BCUT2D eigenvalue weighted by Crippen LogP contribution is 2.30. The molecule has 0 heterocycles. The molecule has 1 amide bonds. The summed E-state index contributed by atoms with van der Waals surface area (Å²) >= 11 is 0. The highest BCUT2D eigenvalue weighted by atomic mass is 19.4. The number of aliphatic carboxylic acids is 1. The van der Waals surface area contributed by atoms with E-state index >= 15 is 0 Å². The fourth-order valence-corrected chi connectivity index (χ4v) is 2.49. The first kappa shape index (κ1) is 19.5. The van der Waals surface area contributed by atoms with Gasteiger partial charge in [0, 0.05) is 5.69 Å². The summed E-state index contributed by atoms with van der Waals surface area (Å²) in [6.07, 6.45) is -4.76. The van der Waals surface area contributed by atoms with E-state index in [2.05, 4.69) is 5.32 Å². The van der Waals surface area contributed by atoms with E-state index < -0.39 is 36.0 Å². The maximum Gasteiger partial charge on any atom is 0.416 e. The zero-order chi connectivity index (χ0) is 19.3. The summed E-state index contributed by atoms with van der Waals surface area (Å²) in [6, 6.07) is 11.5. The Balaban J connectivity index is 2.16. The van der Waals surface area contributed by atoms with Crippen molar-refractivity contribution in [3.05, 3.63) is 65.2 Å². The Kier molecular flexibility index (Phi) is 6.02. The second kappa shape index (κ2) is 8.03. The molecule has 138 valence electrons. The lowest BCUT2D eigenvalue weighted by atomic mass is 9.94. The normalized spacial score (nSPS) is 12.5. The molecule has 26 heavy (non-hydrogen) atoms. The maximum atomic E-state index is 12.8. The number of aryl methyl sites for hydroxylation is 1. The van der Waals surface area contributed by atoms with Crippen LogP contribution in [0.4, 0.5) is 18.9 Å². The van der Waals surface area contributed by atoms with Crippen molar-refractivity contribution in [1.82, 2.24) is 0 Å². The zero-order valence-corrected chi connectivity index (χ0v) is 14.0. The van der Waals surface area contributed by atoms with Crippen LogP contribution in [-0.4, -0.2) is 17.0 Å². The number of carbonyl (C=O) groups is 2. The predicted octanol–water partition coefficient (Wildman–Crippen LogP) is 4.29. The van der Waals surface area contributed by atoms with E-state index in [1.165, 1.54) is 12.1 Å². The first-order chi connectivity index (χ1) is 12.1. The van der Waals surface area contributed by atoms with Gasteiger partial charge in [-0.15, -0.1) is 0 Å². The minimum absolute atomic E-state index is 0.0240. The second-order valence-electron chi connectivity index (χ2n) is 6.05. The van der Waals surface area contributed by atoms with Crippen LogP contribution in [0.1, 0.15) is 23.1 Å². The summed E-state index contributed by atoms with van der Waals surface area (Å²) in [5, 5.41) is 11.4. The molecule has 0 radical (unpaired) electrons. The van der Waals surface area contributed by atoms with Crippen LogP contribution in [0.2, 0.25) is 0 Å². The average Bonchev–Trinajstić information content (AvgIpc) is 2.55. The second-order valence-corrected chi connectivity index (χ2v) is 6.05. The lowest BCUT2D eigenvalue weighted by molar-refractivity contribution is -0.140. The molecular weight excluding hydrogens is 347 g/mol. The van der Waals surface area contributed by atoms with Gasteiger partial charge in [0.15, 0.2) is 0 Å². The molecule has 0 saturated carbocycles. The number of carboxylic acids is 1. The number of carbonyl (C=O) groups excluding carboxylic acids is 1. The molecule has 0 aliphatic heterocycles. The molecule has 0 aliphatic carbocycles. The summed E-state index contributed by atoms with van der Waals surface area (Å²) in [5.74, 6) is -2.68. The number of nitrogens with one attached hydrogen (secondary N) is 1. The third kappa shape index (κ3) is 5.61. The monoisotopic (exact) mass is 365 g/mol. The molecule has 2 rings (SSSR count). The topological polar surface area (TPSA) is 66.4 Å². The molecule has 4 nitrogen and oxygen atoms in total. The van der Waals surface area contributed by atoms with E-state index in [-0.39, 0.29) is 12.1 Å². The molecule has 1 unspecified atom stereocenters. The van der Waals surface area contributed by atoms with Gasteiger partial charge in [0.25, 0.3) is 0 Å². The van der Waals surface area contributed by atoms with E-state index in [1.54, 1.807) is 12.1 Å². The number of hydrogen-bond donors (Lipinski definition) is 2. The lowest BCUT2D eigenvalue weighted by Crippen LogP contribution is -2.27. The molecular formula is C19H18F3NO3. The van der Waals surface area contributed by atoms with Gasteiger partial charge in [0.05, 0.1) is 17.9 Å². The Morgan fingerprint density at radius 3 is 2.35 bits per heavy atom. The standard InChI is InChI=1S/C19H18F3NO3/c1-12-5-7-13(8-6-12)9-14(10-17(24)25)18(26)23-16-4-2-3-15(11-16)19(20,21)22/h2-8,11,14H,9-10H2,1H3,(H,23,26)(H,24,25). The van der Waals surface area contributed by atoms with E-state index in [9.17, 15) is 22.8 Å². The number of amides is 1. The highest BCUT2D eigenvalue weighted by Gasteiger charge is 2.31. The molecule has 0 aromatic heterocycles. The first-order valence-corrected chi connectivity index (χ1v) is 7.90. The van der Waals surface area contributed by atoms with E-state index in [0.29, 0.717) is 0 Å². The molecule has 7 heteroatoms. The number of hydrogen-bond acceptors (Lipinski definition) is 2. The van der Waals surface area contributed by atoms with Crippen molar-refractivity contribution in [3.8, 4) is 0 Å². The minimum Gasteiger partial charge on any atom is -0.481 e. The molecule has 2 aromatic carbocycles. The van der Waals surface area contributed by atoms with Gasteiger partial charge in [0.2, 0.25) is 5.91 Å². The Labute approximate surface area is 148 Å². The van der Waals surface area contributed by atoms with Crippen molar-refractivity contribution in [2.45, 2.75) is 25.9 Å². The Morgan fingerprint density at radius 1 is 1.12 bits per heavy atom. The average molecular weight is 365 g/mol. The van der Waals surface area contributed by atoms with Crippen molar-refractivity contribution >= 4 is 17.6 Å². The molecule has 1 atom stereocenters. The van der Waals surface area contributed by atoms with Crippen molar-refractivity contribution in [2.75, 3.05) is 5.32 Å². The number of alkyl halides is 3. The van der Waals surface area contributed by atoms with Crippen LogP contribution in [0.15, 0.2) is 48.5 Å². The zero-order valence-electron chi connectivity index (χ0n) is 14.0. The van der Waals surface area contributed by atoms with Crippen molar-refractivity contribution in [3.63, 3.8) is 0 Å². The van der Waals surface area contributed by atoms with Gasteiger partial charge < -0.3 is 10.4 Å². The Hall–Kier alpha value is -2.83. The first-order valence-electron chi connectivity index (χ1n) is 7.90. The number of rotatable bonds is 6. The van der Waals surface area contributed by atoms with E-state index in [0.717, 1.165) is 23.3 Å². The largest absolute Gasteiger partial charge is 0.481 e. The third-order valence-electron chi connectivity index (χ3n) is 3.85. The van der Waals surface area contributed by atoms with Crippen LogP contribution in [0.5, 0.6) is 0 Å². The predicted molar refractivity (Wildman–Crippen MR) is 90.7 cm³/mol. The number of halogens is 3. The highest BCUT2D eigenvalue weighted by molar-refractivity contribution is 5.94. The van der Waals surface area contributed by atoms with Crippen LogP contribution in [-0.2, 0) is 22.2 Å². The molecule has 2 N–H and O–H groups in total.